The average Bonchev–Trinajstić information content (AvgIpc) is 3.98. The van der Waals surface area contributed by atoms with Gasteiger partial charge in [-0.25, -0.2) is 13.1 Å². The summed E-state index contributed by atoms with van der Waals surface area (Å²) in [5.74, 6) is -0.433. The molecule has 17 nitrogen and oxygen atoms in total. The number of allylic oxidation sites excluding steroid dienone is 1. The van der Waals surface area contributed by atoms with Crippen LogP contribution in [0.4, 0.5) is 28.4 Å². The fourth-order valence-electron chi connectivity index (χ4n) is 12.0. The van der Waals surface area contributed by atoms with Crippen LogP contribution < -0.4 is 29.3 Å². The molecule has 3 saturated heterocycles. The first-order valence-corrected chi connectivity index (χ1v) is 26.3. The molecule has 3 N–H and O–H groups in total. The smallest absolute Gasteiger partial charge is 0.297 e. The molecule has 5 aromatic rings. The van der Waals surface area contributed by atoms with Crippen LogP contribution in [-0.4, -0.2) is 135 Å². The van der Waals surface area contributed by atoms with E-state index >= 15 is 0 Å². The highest BCUT2D eigenvalue weighted by Gasteiger charge is 2.50. The van der Waals surface area contributed by atoms with Gasteiger partial charge in [-0.2, -0.15) is 4.98 Å². The maximum absolute atomic E-state index is 14.6. The Morgan fingerprint density at radius 1 is 0.943 bits per heavy atom. The first kappa shape index (κ1) is 46.2. The number of benzene rings is 3. The van der Waals surface area contributed by atoms with E-state index in [1.54, 1.807) is 6.07 Å². The Morgan fingerprint density at radius 2 is 1.74 bits per heavy atom. The van der Waals surface area contributed by atoms with Crippen molar-refractivity contribution in [1.29, 1.82) is 0 Å². The summed E-state index contributed by atoms with van der Waals surface area (Å²) in [4.78, 5) is 45.6. The number of carbonyl (C=O) groups is 1. The van der Waals surface area contributed by atoms with Gasteiger partial charge in [0.2, 0.25) is 5.88 Å². The summed E-state index contributed by atoms with van der Waals surface area (Å²) in [6, 6.07) is 21.2. The molecule has 11 rings (SSSR count). The number of aromatic nitrogens is 2. The molecule has 0 unspecified atom stereocenters. The number of likely N-dealkylation sites (N-methyl/N-ethyl adjacent to an activating group) is 1. The second kappa shape index (κ2) is 18.5. The van der Waals surface area contributed by atoms with Crippen LogP contribution in [0.3, 0.4) is 0 Å². The minimum atomic E-state index is -4.65. The lowest BCUT2D eigenvalue weighted by atomic mass is 9.59. The van der Waals surface area contributed by atoms with E-state index in [2.05, 4.69) is 79.4 Å². The Morgan fingerprint density at radius 3 is 2.53 bits per heavy atom. The van der Waals surface area contributed by atoms with Crippen LogP contribution in [0.25, 0.3) is 16.6 Å². The van der Waals surface area contributed by atoms with Crippen molar-refractivity contribution in [3.63, 3.8) is 0 Å². The van der Waals surface area contributed by atoms with Crippen LogP contribution in [0.15, 0.2) is 84.4 Å². The van der Waals surface area contributed by atoms with Crippen LogP contribution in [0.1, 0.15) is 79.4 Å². The summed E-state index contributed by atoms with van der Waals surface area (Å²) in [5.41, 5.74) is 6.62. The van der Waals surface area contributed by atoms with Gasteiger partial charge in [-0.3, -0.25) is 24.7 Å². The number of nitrogens with zero attached hydrogens (tertiary/aromatic N) is 7. The molecule has 1 spiro atoms. The minimum Gasteiger partial charge on any atom is -0.489 e. The van der Waals surface area contributed by atoms with Crippen molar-refractivity contribution in [3.05, 3.63) is 106 Å². The normalized spacial score (nSPS) is 22.0. The first-order chi connectivity index (χ1) is 33.8. The van der Waals surface area contributed by atoms with Gasteiger partial charge in [-0.15, -0.1) is 0 Å². The lowest BCUT2D eigenvalue weighted by Crippen LogP contribution is -2.54. The maximum atomic E-state index is 14.6. The lowest BCUT2D eigenvalue weighted by molar-refractivity contribution is -0.384. The number of H-pyrrole nitrogens is 1. The van der Waals surface area contributed by atoms with Gasteiger partial charge in [0.1, 0.15) is 17.9 Å². The van der Waals surface area contributed by atoms with E-state index < -0.39 is 31.4 Å². The fraction of sp³-hybridized carbons (Fsp3) is 0.462. The molecule has 4 fully saturated rings. The van der Waals surface area contributed by atoms with Gasteiger partial charge in [-0.1, -0.05) is 36.4 Å². The van der Waals surface area contributed by atoms with E-state index in [-0.39, 0.29) is 35.1 Å². The van der Waals surface area contributed by atoms with Crippen molar-refractivity contribution in [2.24, 2.45) is 5.41 Å². The number of carbonyl (C=O) groups excluding carboxylic acids is 1. The number of hydrogen-bond donors (Lipinski definition) is 3. The maximum Gasteiger partial charge on any atom is 0.297 e. The lowest BCUT2D eigenvalue weighted by Gasteiger charge is -2.56. The van der Waals surface area contributed by atoms with E-state index in [0.717, 1.165) is 81.4 Å². The Balaban J connectivity index is 0.844. The molecule has 0 bridgehead atoms. The number of sulfonamides is 1. The molecule has 3 aromatic carbocycles. The third kappa shape index (κ3) is 8.83. The summed E-state index contributed by atoms with van der Waals surface area (Å²) < 4.78 is 42.9. The van der Waals surface area contributed by atoms with Crippen molar-refractivity contribution in [2.45, 2.75) is 74.9 Å². The molecule has 2 atom stereocenters. The monoisotopic (exact) mass is 970 g/mol. The Labute approximate surface area is 409 Å². The van der Waals surface area contributed by atoms with Crippen molar-refractivity contribution >= 4 is 61.0 Å². The van der Waals surface area contributed by atoms with E-state index in [9.17, 15) is 23.3 Å². The molecule has 5 aliphatic heterocycles. The molecule has 1 amide bonds. The number of anilines is 4. The number of aromatic amines is 1. The zero-order chi connectivity index (χ0) is 48.3. The van der Waals surface area contributed by atoms with E-state index in [1.165, 1.54) is 42.9 Å². The van der Waals surface area contributed by atoms with Crippen LogP contribution in [0.5, 0.6) is 11.6 Å². The highest BCUT2D eigenvalue weighted by atomic mass is 32.2. The predicted octanol–water partition coefficient (Wildman–Crippen LogP) is 7.55. The standard InChI is InChI=1S/C52H62N10O7S/c1-34(2)40-8-4-5-9-41(40)43-10-6-17-60(43)38-30-52(31-38)14-19-59(20-15-52)37-11-12-42(44(27-37)61-18-7-25-68-51-46(61)26-35-13-16-53-49(35)55-51)50(63)56-70(66,67)39-28-45(62(64)65)48-47(29-39)69-33-36(54-48)32-58-23-21-57(3)22-24-58/h4-5,8-9,11-13,16,26-29,36,38,43,54H,1,6-7,10,14-15,17-25,30-33H2,2-3H3,(H,53,55)(H,56,63)/t36-,43+/m1/s1. The predicted molar refractivity (Wildman–Crippen MR) is 271 cm³/mol. The topological polar surface area (TPSA) is 182 Å². The fourth-order valence-corrected chi connectivity index (χ4v) is 13.0. The molecule has 2 aromatic heterocycles. The number of hydrogen-bond acceptors (Lipinski definition) is 14. The number of ether oxygens (including phenoxy) is 2. The number of rotatable bonds is 11. The number of nitro benzene ring substituents is 1. The number of nitrogens with one attached hydrogen (secondary N) is 3. The van der Waals surface area contributed by atoms with Crippen molar-refractivity contribution in [1.82, 2.24) is 29.4 Å². The van der Waals surface area contributed by atoms with Gasteiger partial charge in [0.25, 0.3) is 21.6 Å². The van der Waals surface area contributed by atoms with Gasteiger partial charge in [0, 0.05) is 93.8 Å². The van der Waals surface area contributed by atoms with Crippen molar-refractivity contribution in [3.8, 4) is 11.6 Å². The molecule has 70 heavy (non-hydrogen) atoms. The van der Waals surface area contributed by atoms with E-state index in [0.29, 0.717) is 61.1 Å². The molecule has 1 aliphatic carbocycles. The summed E-state index contributed by atoms with van der Waals surface area (Å²) in [7, 11) is -2.58. The summed E-state index contributed by atoms with van der Waals surface area (Å²) >= 11 is 0. The Kier molecular flexibility index (Phi) is 12.2. The molecule has 368 valence electrons. The number of nitro groups is 1. The van der Waals surface area contributed by atoms with Gasteiger partial charge in [0.15, 0.2) is 11.4 Å². The Bertz CT molecular complexity index is 2960. The molecule has 6 aliphatic rings. The highest BCUT2D eigenvalue weighted by molar-refractivity contribution is 7.90. The molecular formula is C52H62N10O7S. The highest BCUT2D eigenvalue weighted by Crippen LogP contribution is 2.54. The number of piperazine rings is 1. The molecule has 0 radical (unpaired) electrons. The van der Waals surface area contributed by atoms with Crippen LogP contribution in [-0.2, 0) is 10.0 Å². The van der Waals surface area contributed by atoms with Crippen molar-refractivity contribution < 1.29 is 27.6 Å². The number of pyridine rings is 1. The second-order valence-electron chi connectivity index (χ2n) is 20.4. The quantitative estimate of drug-likeness (QED) is 0.0872. The second-order valence-corrected chi connectivity index (χ2v) is 22.0. The third-order valence-corrected chi connectivity index (χ3v) is 17.1. The summed E-state index contributed by atoms with van der Waals surface area (Å²) in [5, 5.41) is 16.6. The van der Waals surface area contributed by atoms with Crippen LogP contribution in [0.2, 0.25) is 0 Å². The van der Waals surface area contributed by atoms with E-state index in [1.807, 2.05) is 35.4 Å². The van der Waals surface area contributed by atoms with Gasteiger partial charge >= 0.3 is 0 Å². The van der Waals surface area contributed by atoms with Gasteiger partial charge in [0.05, 0.1) is 33.7 Å². The number of piperidine rings is 1. The van der Waals surface area contributed by atoms with E-state index in [4.69, 9.17) is 14.5 Å². The zero-order valence-electron chi connectivity index (χ0n) is 40.0. The number of amides is 1. The number of fused-ring (bicyclic) bond motifs is 3. The summed E-state index contributed by atoms with van der Waals surface area (Å²) in [6.45, 7) is 14.5. The van der Waals surface area contributed by atoms with Gasteiger partial charge < -0.3 is 34.5 Å². The number of likely N-dealkylation sites (tertiary alicyclic amines) is 1. The molecular weight excluding hydrogens is 909 g/mol. The molecule has 7 heterocycles. The largest absolute Gasteiger partial charge is 0.489 e. The first-order valence-electron chi connectivity index (χ1n) is 24.8. The van der Waals surface area contributed by atoms with Crippen LogP contribution in [0, 0.1) is 15.5 Å². The zero-order valence-corrected chi connectivity index (χ0v) is 40.8. The van der Waals surface area contributed by atoms with Crippen LogP contribution >= 0.6 is 0 Å². The molecule has 1 saturated carbocycles. The van der Waals surface area contributed by atoms with Crippen molar-refractivity contribution in [2.75, 3.05) is 94.3 Å². The molecule has 18 heteroatoms. The third-order valence-electron chi connectivity index (χ3n) is 15.8. The SMILES string of the molecule is C=C(C)c1ccccc1[C@@H]1CCCN1C1CC2(CCN(c3ccc(C(=O)NS(=O)(=O)c4cc5c(c([N+](=O)[O-])c4)N[C@H](CN4CCN(C)CC4)CO5)c(N4CCCOc5nc6[nH]ccc6cc54)c3)CC2)C1. The van der Waals surface area contributed by atoms with Gasteiger partial charge in [-0.05, 0) is 112 Å². The minimum absolute atomic E-state index is 0.0387. The Hall–Kier alpha value is -6.21. The summed E-state index contributed by atoms with van der Waals surface area (Å²) in [6.07, 6.45) is 9.28. The average molecular weight is 971 g/mol.